The normalized spacial score (nSPS) is 10.3. The van der Waals surface area contributed by atoms with E-state index in [1.165, 1.54) is 18.7 Å². The number of amides is 2. The molecule has 0 aliphatic rings. The van der Waals surface area contributed by atoms with Crippen molar-refractivity contribution in [2.75, 3.05) is 30.6 Å². The molecule has 2 aromatic carbocycles. The molecule has 9 heteroatoms. The monoisotopic (exact) mass is 438 g/mol. The van der Waals surface area contributed by atoms with Crippen molar-refractivity contribution < 1.29 is 19.1 Å². The molecule has 0 fully saturated rings. The van der Waals surface area contributed by atoms with Crippen molar-refractivity contribution in [2.24, 2.45) is 0 Å². The minimum Gasteiger partial charge on any atom is -0.497 e. The third-order valence-corrected chi connectivity index (χ3v) is 5.08. The molecule has 0 unspecified atom stereocenters. The maximum atomic E-state index is 12.2. The molecule has 0 saturated heterocycles. The summed E-state index contributed by atoms with van der Waals surface area (Å²) in [5, 5.41) is 14.6. The maximum absolute atomic E-state index is 12.2. The summed E-state index contributed by atoms with van der Waals surface area (Å²) >= 11 is 1.28. The molecular formula is C22H22N4O4S. The van der Waals surface area contributed by atoms with Crippen LogP contribution >= 0.6 is 11.8 Å². The Bertz CT molecular complexity index is 1060. The van der Waals surface area contributed by atoms with Crippen LogP contribution < -0.4 is 20.1 Å². The lowest BCUT2D eigenvalue weighted by Crippen LogP contribution is -2.14. The summed E-state index contributed by atoms with van der Waals surface area (Å²) < 4.78 is 10.7. The van der Waals surface area contributed by atoms with Crippen LogP contribution in [0.4, 0.5) is 11.4 Å². The van der Waals surface area contributed by atoms with Gasteiger partial charge in [-0.15, -0.1) is 10.2 Å². The number of nitrogens with zero attached hydrogens (tertiary/aromatic N) is 2. The summed E-state index contributed by atoms with van der Waals surface area (Å²) in [7, 11) is 3.19. The fraction of sp³-hybridized carbons (Fsp3) is 0.182. The fourth-order valence-corrected chi connectivity index (χ4v) is 3.35. The number of carbonyl (C=O) groups excluding carboxylic acids is 2. The van der Waals surface area contributed by atoms with E-state index >= 15 is 0 Å². The van der Waals surface area contributed by atoms with Gasteiger partial charge in [0, 0.05) is 23.9 Å². The summed E-state index contributed by atoms with van der Waals surface area (Å²) in [6, 6.07) is 16.0. The van der Waals surface area contributed by atoms with E-state index in [0.717, 1.165) is 5.56 Å². The number of carbonyl (C=O) groups is 2. The quantitative estimate of drug-likeness (QED) is 0.515. The summed E-state index contributed by atoms with van der Waals surface area (Å²) in [5.41, 5.74) is 2.73. The van der Waals surface area contributed by atoms with Crippen LogP contribution in [0.5, 0.6) is 11.5 Å². The second-order valence-corrected chi connectivity index (χ2v) is 7.41. The van der Waals surface area contributed by atoms with E-state index < -0.39 is 0 Å². The van der Waals surface area contributed by atoms with E-state index in [4.69, 9.17) is 9.47 Å². The van der Waals surface area contributed by atoms with Crippen LogP contribution in [0.3, 0.4) is 0 Å². The summed E-state index contributed by atoms with van der Waals surface area (Å²) in [5.74, 6) is 1.23. The van der Waals surface area contributed by atoms with Crippen LogP contribution in [0.25, 0.3) is 11.3 Å². The first-order chi connectivity index (χ1) is 15.0. The smallest absolute Gasteiger partial charge is 0.234 e. The Morgan fingerprint density at radius 1 is 0.903 bits per heavy atom. The van der Waals surface area contributed by atoms with Gasteiger partial charge in [0.1, 0.15) is 16.5 Å². The summed E-state index contributed by atoms with van der Waals surface area (Å²) in [4.78, 5) is 23.3. The highest BCUT2D eigenvalue weighted by Crippen LogP contribution is 2.32. The predicted octanol–water partition coefficient (Wildman–Crippen LogP) is 3.85. The zero-order valence-corrected chi connectivity index (χ0v) is 18.2. The Labute approximate surface area is 184 Å². The molecule has 0 aliphatic heterocycles. The zero-order chi connectivity index (χ0) is 22.2. The molecule has 160 valence electrons. The molecule has 1 aromatic heterocycles. The highest BCUT2D eigenvalue weighted by molar-refractivity contribution is 7.99. The minimum absolute atomic E-state index is 0.148. The summed E-state index contributed by atoms with van der Waals surface area (Å²) in [6.07, 6.45) is 0. The second-order valence-electron chi connectivity index (χ2n) is 6.42. The molecule has 0 bridgehead atoms. The SMILES string of the molecule is COc1ccc(OC)c(-c2ccc(SCC(=O)Nc3ccc(NC(C)=O)cc3)nn2)c1. The van der Waals surface area contributed by atoms with E-state index in [9.17, 15) is 9.59 Å². The molecule has 0 radical (unpaired) electrons. The van der Waals surface area contributed by atoms with Crippen LogP contribution in [0.15, 0.2) is 59.6 Å². The van der Waals surface area contributed by atoms with Gasteiger partial charge in [-0.25, -0.2) is 0 Å². The first kappa shape index (κ1) is 22.1. The first-order valence-corrected chi connectivity index (χ1v) is 10.3. The number of benzene rings is 2. The maximum Gasteiger partial charge on any atom is 0.234 e. The van der Waals surface area contributed by atoms with Gasteiger partial charge >= 0.3 is 0 Å². The number of ether oxygens (including phenoxy) is 2. The van der Waals surface area contributed by atoms with Crippen molar-refractivity contribution in [1.29, 1.82) is 0 Å². The van der Waals surface area contributed by atoms with E-state index in [-0.39, 0.29) is 17.6 Å². The van der Waals surface area contributed by atoms with Gasteiger partial charge in [0.05, 0.1) is 25.7 Å². The molecule has 2 N–H and O–H groups in total. The Balaban J connectivity index is 1.58. The van der Waals surface area contributed by atoms with Gasteiger partial charge in [0.15, 0.2) is 0 Å². The van der Waals surface area contributed by atoms with Crippen LogP contribution in [-0.2, 0) is 9.59 Å². The zero-order valence-electron chi connectivity index (χ0n) is 17.3. The lowest BCUT2D eigenvalue weighted by molar-refractivity contribution is -0.114. The topological polar surface area (TPSA) is 102 Å². The van der Waals surface area contributed by atoms with Gasteiger partial charge in [-0.3, -0.25) is 9.59 Å². The highest BCUT2D eigenvalue weighted by atomic mass is 32.2. The standard InChI is InChI=1S/C22H22N4O4S/c1-14(27)23-15-4-6-16(7-5-15)24-21(28)13-31-22-11-9-19(25-26-22)18-12-17(29-2)8-10-20(18)30-3/h4-12H,13H2,1-3H3,(H,23,27)(H,24,28). The molecule has 3 rings (SSSR count). The molecule has 8 nitrogen and oxygen atoms in total. The molecule has 2 amide bonds. The van der Waals surface area contributed by atoms with Gasteiger partial charge in [-0.05, 0) is 54.6 Å². The van der Waals surface area contributed by atoms with Crippen LogP contribution in [0, 0.1) is 0 Å². The molecule has 0 aliphatic carbocycles. The summed E-state index contributed by atoms with van der Waals surface area (Å²) in [6.45, 7) is 1.44. The predicted molar refractivity (Wildman–Crippen MR) is 121 cm³/mol. The second kappa shape index (κ2) is 10.4. The molecule has 1 heterocycles. The van der Waals surface area contributed by atoms with E-state index in [1.54, 1.807) is 44.6 Å². The largest absolute Gasteiger partial charge is 0.497 e. The molecule has 31 heavy (non-hydrogen) atoms. The Kier molecular flexibility index (Phi) is 7.45. The molecule has 0 saturated carbocycles. The number of methoxy groups -OCH3 is 2. The number of thioether (sulfide) groups is 1. The Morgan fingerprint density at radius 3 is 2.19 bits per heavy atom. The Hall–Kier alpha value is -3.59. The van der Waals surface area contributed by atoms with Gasteiger partial charge in [-0.1, -0.05) is 11.8 Å². The molecule has 0 spiro atoms. The van der Waals surface area contributed by atoms with Gasteiger partial charge < -0.3 is 20.1 Å². The van der Waals surface area contributed by atoms with Crippen molar-refractivity contribution in [3.8, 4) is 22.8 Å². The number of anilines is 2. The lowest BCUT2D eigenvalue weighted by Gasteiger charge is -2.10. The third kappa shape index (κ3) is 6.19. The van der Waals surface area contributed by atoms with Gasteiger partial charge in [0.2, 0.25) is 11.8 Å². The van der Waals surface area contributed by atoms with Crippen LogP contribution in [-0.4, -0.2) is 42.0 Å². The van der Waals surface area contributed by atoms with Crippen LogP contribution in [0.1, 0.15) is 6.92 Å². The molecule has 0 atom stereocenters. The average Bonchev–Trinajstić information content (AvgIpc) is 2.78. The molecular weight excluding hydrogens is 416 g/mol. The first-order valence-electron chi connectivity index (χ1n) is 9.35. The number of nitrogens with one attached hydrogen (secondary N) is 2. The highest BCUT2D eigenvalue weighted by Gasteiger charge is 2.11. The van der Waals surface area contributed by atoms with Crippen molar-refractivity contribution in [2.45, 2.75) is 11.9 Å². The van der Waals surface area contributed by atoms with E-state index in [2.05, 4.69) is 20.8 Å². The van der Waals surface area contributed by atoms with Crippen LogP contribution in [0.2, 0.25) is 0 Å². The van der Waals surface area contributed by atoms with Crippen molar-refractivity contribution in [3.05, 3.63) is 54.6 Å². The third-order valence-electron chi connectivity index (χ3n) is 4.16. The van der Waals surface area contributed by atoms with E-state index in [1.807, 2.05) is 24.3 Å². The van der Waals surface area contributed by atoms with Gasteiger partial charge in [0.25, 0.3) is 0 Å². The lowest BCUT2D eigenvalue weighted by atomic mass is 10.1. The number of rotatable bonds is 8. The average molecular weight is 439 g/mol. The van der Waals surface area contributed by atoms with Crippen molar-refractivity contribution in [3.63, 3.8) is 0 Å². The van der Waals surface area contributed by atoms with Crippen molar-refractivity contribution >= 4 is 35.0 Å². The number of aromatic nitrogens is 2. The molecule has 3 aromatic rings. The Morgan fingerprint density at radius 2 is 1.61 bits per heavy atom. The number of hydrogen-bond donors (Lipinski definition) is 2. The minimum atomic E-state index is -0.169. The van der Waals surface area contributed by atoms with Gasteiger partial charge in [-0.2, -0.15) is 0 Å². The number of hydrogen-bond acceptors (Lipinski definition) is 7. The van der Waals surface area contributed by atoms with Crippen molar-refractivity contribution in [1.82, 2.24) is 10.2 Å². The fourth-order valence-electron chi connectivity index (χ4n) is 2.73. The van der Waals surface area contributed by atoms with E-state index in [0.29, 0.717) is 33.6 Å².